The van der Waals surface area contributed by atoms with Crippen LogP contribution < -0.4 is 5.32 Å². The van der Waals surface area contributed by atoms with E-state index in [1.165, 1.54) is 12.1 Å². The summed E-state index contributed by atoms with van der Waals surface area (Å²) in [5.41, 5.74) is 0.759. The lowest BCUT2D eigenvalue weighted by atomic mass is 10.0. The fraction of sp³-hybridized carbons (Fsp3) is 0.364. The Morgan fingerprint density at radius 2 is 2.44 bits per heavy atom. The van der Waals surface area contributed by atoms with Crippen molar-refractivity contribution < 1.29 is 19.0 Å². The molecule has 2 atom stereocenters. The van der Waals surface area contributed by atoms with Gasteiger partial charge < -0.3 is 15.2 Å². The number of ether oxygens (including phenoxy) is 1. The van der Waals surface area contributed by atoms with Gasteiger partial charge in [-0.3, -0.25) is 0 Å². The molecule has 5 heteroatoms. The number of hydrogen-bond donors (Lipinski definition) is 2. The molecule has 4 nitrogen and oxygen atoms in total. The van der Waals surface area contributed by atoms with Crippen LogP contribution in [0.2, 0.25) is 0 Å². The minimum Gasteiger partial charge on any atom is -0.465 e. The standard InChI is InChI=1S/C11H12FNO3/c12-8-3-1-2-7(4-8)5-9(10-6-16-10)13-11(14)15/h1-4,9-10,13H,5-6H2,(H,14,15)/t9-,10+/m0/s1. The van der Waals surface area contributed by atoms with Gasteiger partial charge in [0.15, 0.2) is 0 Å². The maximum Gasteiger partial charge on any atom is 0.404 e. The van der Waals surface area contributed by atoms with Crippen LogP contribution in [-0.2, 0) is 11.2 Å². The third kappa shape index (κ3) is 2.93. The van der Waals surface area contributed by atoms with Gasteiger partial charge in [0.1, 0.15) is 11.9 Å². The van der Waals surface area contributed by atoms with Crippen LogP contribution in [0.1, 0.15) is 5.56 Å². The topological polar surface area (TPSA) is 61.9 Å². The van der Waals surface area contributed by atoms with Gasteiger partial charge in [-0.05, 0) is 24.1 Å². The summed E-state index contributed by atoms with van der Waals surface area (Å²) in [6.07, 6.45) is -0.731. The zero-order chi connectivity index (χ0) is 11.5. The number of carboxylic acid groups (broad SMARTS) is 1. The number of carbonyl (C=O) groups is 1. The van der Waals surface area contributed by atoms with Crippen molar-refractivity contribution in [2.24, 2.45) is 0 Å². The van der Waals surface area contributed by atoms with E-state index in [1.807, 2.05) is 0 Å². The number of halogens is 1. The Hall–Kier alpha value is -1.62. The molecular formula is C11H12FNO3. The molecule has 1 amide bonds. The molecule has 1 aliphatic heterocycles. The van der Waals surface area contributed by atoms with E-state index in [4.69, 9.17) is 9.84 Å². The van der Waals surface area contributed by atoms with E-state index in [1.54, 1.807) is 12.1 Å². The number of benzene rings is 1. The highest BCUT2D eigenvalue weighted by Crippen LogP contribution is 2.18. The van der Waals surface area contributed by atoms with E-state index in [2.05, 4.69) is 5.32 Å². The third-order valence-corrected chi connectivity index (χ3v) is 2.46. The average Bonchev–Trinajstić information content (AvgIpc) is 2.99. The van der Waals surface area contributed by atoms with E-state index in [-0.39, 0.29) is 18.0 Å². The van der Waals surface area contributed by atoms with Crippen molar-refractivity contribution >= 4 is 6.09 Å². The van der Waals surface area contributed by atoms with Gasteiger partial charge >= 0.3 is 6.09 Å². The molecule has 0 unspecified atom stereocenters. The molecule has 1 aromatic rings. The summed E-state index contributed by atoms with van der Waals surface area (Å²) in [4.78, 5) is 10.6. The molecule has 1 aliphatic rings. The van der Waals surface area contributed by atoms with Crippen LogP contribution in [0, 0.1) is 5.82 Å². The predicted molar refractivity (Wildman–Crippen MR) is 54.8 cm³/mol. The second kappa shape index (κ2) is 4.49. The Morgan fingerprint density at radius 1 is 1.69 bits per heavy atom. The highest BCUT2D eigenvalue weighted by atomic mass is 19.1. The number of rotatable bonds is 4. The Balaban J connectivity index is 2.02. The first-order valence-corrected chi connectivity index (χ1v) is 5.00. The molecule has 2 N–H and O–H groups in total. The van der Waals surface area contributed by atoms with Crippen molar-refractivity contribution in [3.8, 4) is 0 Å². The summed E-state index contributed by atoms with van der Waals surface area (Å²) in [5, 5.41) is 11.0. The fourth-order valence-electron chi connectivity index (χ4n) is 1.64. The molecule has 1 heterocycles. The molecule has 0 radical (unpaired) electrons. The monoisotopic (exact) mass is 225 g/mol. The summed E-state index contributed by atoms with van der Waals surface area (Å²) in [7, 11) is 0. The van der Waals surface area contributed by atoms with Crippen LogP contribution >= 0.6 is 0 Å². The van der Waals surface area contributed by atoms with Gasteiger partial charge in [-0.15, -0.1) is 0 Å². The first-order chi connectivity index (χ1) is 7.65. The Bertz CT molecular complexity index is 393. The molecule has 1 aromatic carbocycles. The van der Waals surface area contributed by atoms with Gasteiger partial charge in [0.2, 0.25) is 0 Å². The molecule has 1 saturated heterocycles. The Morgan fingerprint density at radius 3 is 3.00 bits per heavy atom. The first kappa shape index (κ1) is 10.9. The summed E-state index contributed by atoms with van der Waals surface area (Å²) >= 11 is 0. The number of amides is 1. The summed E-state index contributed by atoms with van der Waals surface area (Å²) in [6.45, 7) is 0.556. The van der Waals surface area contributed by atoms with Crippen molar-refractivity contribution in [3.05, 3.63) is 35.6 Å². The molecule has 2 rings (SSSR count). The maximum atomic E-state index is 12.9. The van der Waals surface area contributed by atoms with Crippen LogP contribution in [0.25, 0.3) is 0 Å². The third-order valence-electron chi connectivity index (χ3n) is 2.46. The lowest BCUT2D eigenvalue weighted by Crippen LogP contribution is -2.39. The van der Waals surface area contributed by atoms with E-state index in [0.717, 1.165) is 5.56 Å². The Kier molecular flexibility index (Phi) is 3.05. The van der Waals surface area contributed by atoms with Crippen LogP contribution in [0.15, 0.2) is 24.3 Å². The maximum absolute atomic E-state index is 12.9. The lowest BCUT2D eigenvalue weighted by molar-refractivity contribution is 0.186. The van der Waals surface area contributed by atoms with Gasteiger partial charge in [0.25, 0.3) is 0 Å². The van der Waals surface area contributed by atoms with Crippen LogP contribution in [0.5, 0.6) is 0 Å². The normalized spacial score (nSPS) is 20.2. The van der Waals surface area contributed by atoms with Crippen molar-refractivity contribution in [1.82, 2.24) is 5.32 Å². The van der Waals surface area contributed by atoms with Gasteiger partial charge in [0, 0.05) is 0 Å². The quantitative estimate of drug-likeness (QED) is 0.761. The molecule has 16 heavy (non-hydrogen) atoms. The summed E-state index contributed by atoms with van der Waals surface area (Å²) < 4.78 is 18.0. The van der Waals surface area contributed by atoms with E-state index >= 15 is 0 Å². The SMILES string of the molecule is O=C(O)N[C@@H](Cc1cccc(F)c1)[C@H]1CO1. The first-order valence-electron chi connectivity index (χ1n) is 5.00. The smallest absolute Gasteiger partial charge is 0.404 e. The van der Waals surface area contributed by atoms with Crippen molar-refractivity contribution in [1.29, 1.82) is 0 Å². The van der Waals surface area contributed by atoms with Crippen molar-refractivity contribution in [2.45, 2.75) is 18.6 Å². The number of epoxide rings is 1. The van der Waals surface area contributed by atoms with E-state index < -0.39 is 6.09 Å². The largest absolute Gasteiger partial charge is 0.465 e. The molecular weight excluding hydrogens is 213 g/mol. The van der Waals surface area contributed by atoms with Crippen LogP contribution in [-0.4, -0.2) is 30.0 Å². The van der Waals surface area contributed by atoms with Crippen LogP contribution in [0.4, 0.5) is 9.18 Å². The second-order valence-electron chi connectivity index (χ2n) is 3.76. The highest BCUT2D eigenvalue weighted by molar-refractivity contribution is 5.65. The highest BCUT2D eigenvalue weighted by Gasteiger charge is 2.33. The minimum atomic E-state index is -1.09. The van der Waals surface area contributed by atoms with Gasteiger partial charge in [-0.2, -0.15) is 0 Å². The molecule has 0 saturated carbocycles. The summed E-state index contributed by atoms with van der Waals surface area (Å²) in [5.74, 6) is -0.316. The van der Waals surface area contributed by atoms with Crippen LogP contribution in [0.3, 0.4) is 0 Å². The van der Waals surface area contributed by atoms with Gasteiger partial charge in [-0.25, -0.2) is 9.18 Å². The minimum absolute atomic E-state index is 0.0839. The van der Waals surface area contributed by atoms with Crippen molar-refractivity contribution in [2.75, 3.05) is 6.61 Å². The van der Waals surface area contributed by atoms with Crippen molar-refractivity contribution in [3.63, 3.8) is 0 Å². The van der Waals surface area contributed by atoms with Gasteiger partial charge in [0.05, 0.1) is 12.6 Å². The lowest BCUT2D eigenvalue weighted by Gasteiger charge is -2.14. The van der Waals surface area contributed by atoms with E-state index in [0.29, 0.717) is 13.0 Å². The molecule has 86 valence electrons. The molecule has 0 spiro atoms. The van der Waals surface area contributed by atoms with Gasteiger partial charge in [-0.1, -0.05) is 12.1 Å². The molecule has 1 fully saturated rings. The number of nitrogens with one attached hydrogen (secondary N) is 1. The summed E-state index contributed by atoms with van der Waals surface area (Å²) in [6, 6.07) is 5.83. The zero-order valence-electron chi connectivity index (χ0n) is 8.52. The molecule has 0 bridgehead atoms. The fourth-order valence-corrected chi connectivity index (χ4v) is 1.64. The molecule has 0 aromatic heterocycles. The predicted octanol–water partition coefficient (Wildman–Crippen LogP) is 1.40. The zero-order valence-corrected chi connectivity index (χ0v) is 8.52. The number of hydrogen-bond acceptors (Lipinski definition) is 2. The van der Waals surface area contributed by atoms with E-state index in [9.17, 15) is 9.18 Å². The second-order valence-corrected chi connectivity index (χ2v) is 3.76. The molecule has 0 aliphatic carbocycles. The Labute approximate surface area is 92.0 Å². The average molecular weight is 225 g/mol.